The second-order valence-electron chi connectivity index (χ2n) is 4.84. The number of hydrogen-bond donors (Lipinski definition) is 0. The van der Waals surface area contributed by atoms with Gasteiger partial charge in [-0.1, -0.05) is 23.7 Å². The third kappa shape index (κ3) is 5.27. The van der Waals surface area contributed by atoms with E-state index in [4.69, 9.17) is 11.6 Å². The number of benzene rings is 2. The molecule has 1 amide bonds. The summed E-state index contributed by atoms with van der Waals surface area (Å²) in [6.07, 6.45) is 2.05. The fourth-order valence-electron chi connectivity index (χ4n) is 1.88. The summed E-state index contributed by atoms with van der Waals surface area (Å²) in [6, 6.07) is 15.9. The van der Waals surface area contributed by atoms with Crippen LogP contribution in [0.1, 0.15) is 5.56 Å². The van der Waals surface area contributed by atoms with Crippen LogP contribution >= 0.6 is 35.1 Å². The number of thioether (sulfide) groups is 2. The molecule has 0 aliphatic carbocycles. The lowest BCUT2D eigenvalue weighted by Crippen LogP contribution is -2.27. The predicted molar refractivity (Wildman–Crippen MR) is 96.9 cm³/mol. The molecule has 0 N–H and O–H groups in total. The Kier molecular flexibility index (Phi) is 6.68. The average molecular weight is 352 g/mol. The second kappa shape index (κ2) is 8.51. The van der Waals surface area contributed by atoms with Crippen LogP contribution in [0.5, 0.6) is 0 Å². The average Bonchev–Trinajstić information content (AvgIpc) is 2.54. The van der Waals surface area contributed by atoms with E-state index < -0.39 is 0 Å². The lowest BCUT2D eigenvalue weighted by molar-refractivity contribution is -0.127. The van der Waals surface area contributed by atoms with Crippen molar-refractivity contribution in [3.8, 4) is 0 Å². The van der Waals surface area contributed by atoms with Crippen molar-refractivity contribution in [2.24, 2.45) is 0 Å². The Morgan fingerprint density at radius 2 is 1.64 bits per heavy atom. The van der Waals surface area contributed by atoms with E-state index in [0.717, 1.165) is 10.5 Å². The molecule has 0 bridgehead atoms. The Morgan fingerprint density at radius 3 is 2.23 bits per heavy atom. The standard InChI is InChI=1S/C17H18ClNOS2/c1-19(11-13-3-7-15(21-2)8-4-13)17(20)12-22-16-9-5-14(18)6-10-16/h3-10H,11-12H2,1-2H3. The fourth-order valence-corrected chi connectivity index (χ4v) is 3.25. The zero-order valence-electron chi connectivity index (χ0n) is 12.6. The summed E-state index contributed by atoms with van der Waals surface area (Å²) >= 11 is 9.10. The minimum atomic E-state index is 0.119. The summed E-state index contributed by atoms with van der Waals surface area (Å²) < 4.78 is 0. The van der Waals surface area contributed by atoms with E-state index in [2.05, 4.69) is 30.5 Å². The van der Waals surface area contributed by atoms with E-state index in [9.17, 15) is 4.79 Å². The topological polar surface area (TPSA) is 20.3 Å². The molecular formula is C17H18ClNOS2. The Balaban J connectivity index is 1.84. The van der Waals surface area contributed by atoms with Crippen LogP contribution in [-0.2, 0) is 11.3 Å². The van der Waals surface area contributed by atoms with E-state index in [1.54, 1.807) is 16.7 Å². The molecule has 2 aromatic rings. The van der Waals surface area contributed by atoms with Crippen molar-refractivity contribution in [3.63, 3.8) is 0 Å². The smallest absolute Gasteiger partial charge is 0.232 e. The van der Waals surface area contributed by atoms with Crippen molar-refractivity contribution < 1.29 is 4.79 Å². The molecule has 22 heavy (non-hydrogen) atoms. The van der Waals surface area contributed by atoms with Crippen LogP contribution in [0.25, 0.3) is 0 Å². The van der Waals surface area contributed by atoms with Gasteiger partial charge in [0.15, 0.2) is 0 Å². The van der Waals surface area contributed by atoms with Crippen LogP contribution in [0.15, 0.2) is 58.3 Å². The van der Waals surface area contributed by atoms with Gasteiger partial charge in [0.2, 0.25) is 5.91 Å². The van der Waals surface area contributed by atoms with Gasteiger partial charge in [0.1, 0.15) is 0 Å². The number of halogens is 1. The summed E-state index contributed by atoms with van der Waals surface area (Å²) in [5.74, 6) is 0.551. The normalized spacial score (nSPS) is 10.5. The maximum absolute atomic E-state index is 12.2. The highest BCUT2D eigenvalue weighted by Crippen LogP contribution is 2.21. The van der Waals surface area contributed by atoms with Gasteiger partial charge < -0.3 is 4.90 Å². The Hall–Kier alpha value is -1.10. The molecule has 0 aliphatic heterocycles. The molecule has 0 heterocycles. The summed E-state index contributed by atoms with van der Waals surface area (Å²) in [5, 5.41) is 0.710. The highest BCUT2D eigenvalue weighted by atomic mass is 35.5. The molecule has 2 nitrogen and oxygen atoms in total. The number of nitrogens with zero attached hydrogens (tertiary/aromatic N) is 1. The summed E-state index contributed by atoms with van der Waals surface area (Å²) in [4.78, 5) is 16.2. The minimum absolute atomic E-state index is 0.119. The molecule has 0 fully saturated rings. The van der Waals surface area contributed by atoms with Gasteiger partial charge in [-0.15, -0.1) is 23.5 Å². The monoisotopic (exact) mass is 351 g/mol. The molecule has 116 valence electrons. The maximum atomic E-state index is 12.2. The van der Waals surface area contributed by atoms with Gasteiger partial charge in [-0.3, -0.25) is 4.79 Å². The first-order chi connectivity index (χ1) is 10.6. The highest BCUT2D eigenvalue weighted by molar-refractivity contribution is 8.00. The van der Waals surface area contributed by atoms with Gasteiger partial charge in [0, 0.05) is 28.4 Å². The number of carbonyl (C=O) groups excluding carboxylic acids is 1. The Morgan fingerprint density at radius 1 is 1.05 bits per heavy atom. The Labute approximate surface area is 145 Å². The van der Waals surface area contributed by atoms with Gasteiger partial charge in [-0.05, 0) is 48.2 Å². The molecule has 0 unspecified atom stereocenters. The zero-order valence-corrected chi connectivity index (χ0v) is 15.0. The van der Waals surface area contributed by atoms with Gasteiger partial charge in [0.05, 0.1) is 5.75 Å². The number of rotatable bonds is 6. The van der Waals surface area contributed by atoms with Gasteiger partial charge in [-0.25, -0.2) is 0 Å². The molecule has 5 heteroatoms. The Bertz CT molecular complexity index is 614. The molecule has 0 radical (unpaired) electrons. The van der Waals surface area contributed by atoms with Crippen molar-refractivity contribution in [2.45, 2.75) is 16.3 Å². The van der Waals surface area contributed by atoms with Crippen LogP contribution in [0.2, 0.25) is 5.02 Å². The van der Waals surface area contributed by atoms with Crippen molar-refractivity contribution in [1.82, 2.24) is 4.90 Å². The summed E-state index contributed by atoms with van der Waals surface area (Å²) in [6.45, 7) is 0.634. The molecule has 0 saturated heterocycles. The lowest BCUT2D eigenvalue weighted by Gasteiger charge is -2.17. The third-order valence-corrected chi connectivity index (χ3v) is 5.17. The molecule has 0 aromatic heterocycles. The van der Waals surface area contributed by atoms with Crippen LogP contribution < -0.4 is 0 Å². The van der Waals surface area contributed by atoms with Crippen molar-refractivity contribution >= 4 is 41.0 Å². The molecule has 2 aromatic carbocycles. The molecule has 0 aliphatic rings. The quantitative estimate of drug-likeness (QED) is 0.696. The van der Waals surface area contributed by atoms with Crippen molar-refractivity contribution in [2.75, 3.05) is 19.1 Å². The zero-order chi connectivity index (χ0) is 15.9. The number of carbonyl (C=O) groups is 1. The minimum Gasteiger partial charge on any atom is -0.341 e. The number of amides is 1. The second-order valence-corrected chi connectivity index (χ2v) is 7.21. The molecule has 0 saturated carbocycles. The van der Waals surface area contributed by atoms with Crippen LogP contribution in [0, 0.1) is 0 Å². The van der Waals surface area contributed by atoms with Gasteiger partial charge in [-0.2, -0.15) is 0 Å². The van der Waals surface area contributed by atoms with Crippen molar-refractivity contribution in [3.05, 3.63) is 59.1 Å². The first kappa shape index (κ1) is 17.3. The van der Waals surface area contributed by atoms with Gasteiger partial charge >= 0.3 is 0 Å². The van der Waals surface area contributed by atoms with Crippen LogP contribution in [0.4, 0.5) is 0 Å². The fraction of sp³-hybridized carbons (Fsp3) is 0.235. The van der Waals surface area contributed by atoms with Crippen LogP contribution in [-0.4, -0.2) is 29.9 Å². The van der Waals surface area contributed by atoms with Crippen molar-refractivity contribution in [1.29, 1.82) is 0 Å². The van der Waals surface area contributed by atoms with E-state index in [1.807, 2.05) is 31.3 Å². The van der Waals surface area contributed by atoms with E-state index >= 15 is 0 Å². The maximum Gasteiger partial charge on any atom is 0.232 e. The molecule has 0 atom stereocenters. The summed E-state index contributed by atoms with van der Waals surface area (Å²) in [5.41, 5.74) is 1.14. The van der Waals surface area contributed by atoms with E-state index in [-0.39, 0.29) is 5.91 Å². The van der Waals surface area contributed by atoms with Gasteiger partial charge in [0.25, 0.3) is 0 Å². The number of hydrogen-bond acceptors (Lipinski definition) is 3. The predicted octanol–water partition coefficient (Wildman–Crippen LogP) is 4.81. The first-order valence-electron chi connectivity index (χ1n) is 6.84. The summed E-state index contributed by atoms with van der Waals surface area (Å²) in [7, 11) is 1.84. The first-order valence-corrected chi connectivity index (χ1v) is 9.42. The highest BCUT2D eigenvalue weighted by Gasteiger charge is 2.10. The molecule has 0 spiro atoms. The van der Waals surface area contributed by atoms with E-state index in [0.29, 0.717) is 17.3 Å². The third-order valence-electron chi connectivity index (χ3n) is 3.18. The van der Waals surface area contributed by atoms with E-state index in [1.165, 1.54) is 16.7 Å². The van der Waals surface area contributed by atoms with Crippen LogP contribution in [0.3, 0.4) is 0 Å². The molecule has 2 rings (SSSR count). The SMILES string of the molecule is CSc1ccc(CN(C)C(=O)CSc2ccc(Cl)cc2)cc1. The largest absolute Gasteiger partial charge is 0.341 e. The molecular weight excluding hydrogens is 334 g/mol. The lowest BCUT2D eigenvalue weighted by atomic mass is 10.2.